The summed E-state index contributed by atoms with van der Waals surface area (Å²) in [6, 6.07) is 21.6. The van der Waals surface area contributed by atoms with Crippen LogP contribution >= 0.6 is 11.6 Å². The molecule has 0 fully saturated rings. The van der Waals surface area contributed by atoms with Crippen LogP contribution in [-0.2, 0) is 22.6 Å². The molecule has 1 atom stereocenters. The molecule has 0 saturated carbocycles. The van der Waals surface area contributed by atoms with Crippen molar-refractivity contribution >= 4 is 40.5 Å². The maximum atomic E-state index is 12.5. The number of halogens is 1. The van der Waals surface area contributed by atoms with E-state index in [2.05, 4.69) is 35.0 Å². The number of carbonyl (C=O) groups excluding carboxylic acids is 2. The summed E-state index contributed by atoms with van der Waals surface area (Å²) in [6.45, 7) is 4.69. The third kappa shape index (κ3) is 6.48. The Morgan fingerprint density at radius 1 is 1.16 bits per heavy atom. The topological polar surface area (TPSA) is 87.8 Å². The van der Waals surface area contributed by atoms with Gasteiger partial charge >= 0.3 is 0 Å². The zero-order valence-electron chi connectivity index (χ0n) is 21.7. The Balaban J connectivity index is 1.62. The van der Waals surface area contributed by atoms with E-state index in [0.29, 0.717) is 35.7 Å². The standard InChI is InChI=1S/C31H31ClN4O2/c1-3-4-5-30-35-28-13-11-26(34-31(38)16-21(2)14-15-37)18-29(28)36(30)20-22-6-8-23(9-7-22)27-12-10-25(32)17-24(27)19-33/h6-13,15,17-18,21H,3-5,14,16,20H2,1-2H3,(H,34,38). The SMILES string of the molecule is CCCCc1nc2ccc(NC(=O)CC(C)CC=O)cc2n1Cc1ccc(-c2ccc(Cl)cc2C#N)cc1. The van der Waals surface area contributed by atoms with Gasteiger partial charge in [-0.25, -0.2) is 4.98 Å². The molecule has 1 amide bonds. The number of carbonyl (C=O) groups is 2. The van der Waals surface area contributed by atoms with Crippen LogP contribution in [-0.4, -0.2) is 21.7 Å². The van der Waals surface area contributed by atoms with E-state index in [-0.39, 0.29) is 11.8 Å². The largest absolute Gasteiger partial charge is 0.326 e. The summed E-state index contributed by atoms with van der Waals surface area (Å²) in [7, 11) is 0. The molecule has 3 aromatic carbocycles. The third-order valence-electron chi connectivity index (χ3n) is 6.61. The summed E-state index contributed by atoms with van der Waals surface area (Å²) >= 11 is 6.06. The second kappa shape index (κ2) is 12.5. The van der Waals surface area contributed by atoms with E-state index in [4.69, 9.17) is 16.6 Å². The van der Waals surface area contributed by atoms with Crippen molar-refractivity contribution in [3.05, 3.63) is 82.6 Å². The number of amides is 1. The predicted molar refractivity (Wildman–Crippen MR) is 152 cm³/mol. The van der Waals surface area contributed by atoms with Gasteiger partial charge < -0.3 is 14.7 Å². The predicted octanol–water partition coefficient (Wildman–Crippen LogP) is 7.17. The molecular weight excluding hydrogens is 496 g/mol. The van der Waals surface area contributed by atoms with E-state index >= 15 is 0 Å². The highest BCUT2D eigenvalue weighted by Crippen LogP contribution is 2.28. The first-order valence-electron chi connectivity index (χ1n) is 12.9. The number of aldehydes is 1. The van der Waals surface area contributed by atoms with E-state index in [1.54, 1.807) is 12.1 Å². The molecule has 0 radical (unpaired) electrons. The number of fused-ring (bicyclic) bond motifs is 1. The molecule has 0 spiro atoms. The van der Waals surface area contributed by atoms with Gasteiger partial charge in [0, 0.05) is 36.5 Å². The molecule has 0 aliphatic heterocycles. The first-order valence-corrected chi connectivity index (χ1v) is 13.3. The van der Waals surface area contributed by atoms with Crippen molar-refractivity contribution < 1.29 is 9.59 Å². The number of aryl methyl sites for hydroxylation is 1. The number of aromatic nitrogens is 2. The molecule has 0 saturated heterocycles. The number of nitrogens with one attached hydrogen (secondary N) is 1. The van der Waals surface area contributed by atoms with E-state index < -0.39 is 0 Å². The van der Waals surface area contributed by atoms with Crippen LogP contribution in [0.5, 0.6) is 0 Å². The Hall–Kier alpha value is -3.95. The number of rotatable bonds is 11. The summed E-state index contributed by atoms with van der Waals surface area (Å²) in [4.78, 5) is 28.1. The van der Waals surface area contributed by atoms with Crippen LogP contribution in [0.1, 0.15) is 56.5 Å². The van der Waals surface area contributed by atoms with Crippen molar-refractivity contribution in [2.45, 2.75) is 52.5 Å². The van der Waals surface area contributed by atoms with Gasteiger partial charge in [-0.1, -0.05) is 62.2 Å². The molecule has 1 unspecified atom stereocenters. The minimum atomic E-state index is -0.106. The number of unbranched alkanes of at least 4 members (excludes halogenated alkanes) is 1. The van der Waals surface area contributed by atoms with Gasteiger partial charge in [0.2, 0.25) is 5.91 Å². The highest BCUT2D eigenvalue weighted by Gasteiger charge is 2.14. The molecule has 1 heterocycles. The molecular formula is C31H31ClN4O2. The lowest BCUT2D eigenvalue weighted by atomic mass is 9.99. The van der Waals surface area contributed by atoms with Gasteiger partial charge in [0.15, 0.2) is 0 Å². The Morgan fingerprint density at radius 3 is 2.66 bits per heavy atom. The monoisotopic (exact) mass is 526 g/mol. The van der Waals surface area contributed by atoms with Gasteiger partial charge in [0.05, 0.1) is 22.7 Å². The normalized spacial score (nSPS) is 11.7. The minimum absolute atomic E-state index is 0.00230. The molecule has 1 N–H and O–H groups in total. The summed E-state index contributed by atoms with van der Waals surface area (Å²) in [5.74, 6) is 0.909. The second-order valence-electron chi connectivity index (χ2n) is 9.68. The smallest absolute Gasteiger partial charge is 0.224 e. The van der Waals surface area contributed by atoms with Crippen LogP contribution in [0.25, 0.3) is 22.2 Å². The van der Waals surface area contributed by atoms with E-state index in [9.17, 15) is 14.9 Å². The number of hydrogen-bond donors (Lipinski definition) is 1. The number of imidazole rings is 1. The molecule has 0 aliphatic carbocycles. The first-order chi connectivity index (χ1) is 18.4. The van der Waals surface area contributed by atoms with Crippen LogP contribution in [0.15, 0.2) is 60.7 Å². The average Bonchev–Trinajstić information content (AvgIpc) is 3.24. The van der Waals surface area contributed by atoms with Crippen LogP contribution in [0.4, 0.5) is 5.69 Å². The molecule has 4 rings (SSSR count). The number of benzene rings is 3. The fourth-order valence-electron chi connectivity index (χ4n) is 4.56. The first kappa shape index (κ1) is 27.1. The number of nitrogens with zero attached hydrogens (tertiary/aromatic N) is 3. The van der Waals surface area contributed by atoms with Crippen LogP contribution in [0, 0.1) is 17.2 Å². The number of anilines is 1. The zero-order valence-corrected chi connectivity index (χ0v) is 22.5. The van der Waals surface area contributed by atoms with Gasteiger partial charge in [-0.3, -0.25) is 4.79 Å². The summed E-state index contributed by atoms with van der Waals surface area (Å²) in [5, 5.41) is 13.0. The van der Waals surface area contributed by atoms with Crippen LogP contribution in [0.2, 0.25) is 5.02 Å². The fraction of sp³-hybridized carbons (Fsp3) is 0.290. The molecule has 6 nitrogen and oxygen atoms in total. The zero-order chi connectivity index (χ0) is 27.1. The number of nitriles is 1. The quantitative estimate of drug-likeness (QED) is 0.210. The Bertz CT molecular complexity index is 1480. The van der Waals surface area contributed by atoms with E-state index in [1.807, 2.05) is 43.3 Å². The Kier molecular flexibility index (Phi) is 8.93. The van der Waals surface area contributed by atoms with Gasteiger partial charge in [-0.2, -0.15) is 5.26 Å². The van der Waals surface area contributed by atoms with Crippen LogP contribution < -0.4 is 5.32 Å². The van der Waals surface area contributed by atoms with Gasteiger partial charge in [-0.15, -0.1) is 0 Å². The van der Waals surface area contributed by atoms with Gasteiger partial charge in [-0.05, 0) is 59.4 Å². The van der Waals surface area contributed by atoms with Gasteiger partial charge in [0.1, 0.15) is 12.1 Å². The maximum Gasteiger partial charge on any atom is 0.224 e. The van der Waals surface area contributed by atoms with Gasteiger partial charge in [0.25, 0.3) is 0 Å². The number of hydrogen-bond acceptors (Lipinski definition) is 4. The van der Waals surface area contributed by atoms with E-state index in [0.717, 1.165) is 59.1 Å². The highest BCUT2D eigenvalue weighted by atomic mass is 35.5. The summed E-state index contributed by atoms with van der Waals surface area (Å²) in [5.41, 5.74) is 6.02. The van der Waals surface area contributed by atoms with Crippen molar-refractivity contribution in [3.63, 3.8) is 0 Å². The average molecular weight is 527 g/mol. The summed E-state index contributed by atoms with van der Waals surface area (Å²) in [6.07, 6.45) is 4.49. The summed E-state index contributed by atoms with van der Waals surface area (Å²) < 4.78 is 2.22. The second-order valence-corrected chi connectivity index (χ2v) is 10.1. The Morgan fingerprint density at radius 2 is 1.95 bits per heavy atom. The maximum absolute atomic E-state index is 12.5. The van der Waals surface area contributed by atoms with Crippen LogP contribution in [0.3, 0.4) is 0 Å². The third-order valence-corrected chi connectivity index (χ3v) is 6.84. The van der Waals surface area contributed by atoms with Crippen molar-refractivity contribution in [1.29, 1.82) is 5.26 Å². The lowest BCUT2D eigenvalue weighted by molar-refractivity contribution is -0.117. The lowest BCUT2D eigenvalue weighted by Crippen LogP contribution is -2.15. The van der Waals surface area contributed by atoms with Crippen molar-refractivity contribution in [2.75, 3.05) is 5.32 Å². The molecule has 38 heavy (non-hydrogen) atoms. The highest BCUT2D eigenvalue weighted by molar-refractivity contribution is 6.30. The Labute approximate surface area is 228 Å². The molecule has 0 bridgehead atoms. The van der Waals surface area contributed by atoms with E-state index in [1.165, 1.54) is 0 Å². The molecule has 4 aromatic rings. The van der Waals surface area contributed by atoms with Crippen molar-refractivity contribution in [2.24, 2.45) is 5.92 Å². The van der Waals surface area contributed by atoms with Crippen molar-refractivity contribution in [3.8, 4) is 17.2 Å². The molecule has 194 valence electrons. The van der Waals surface area contributed by atoms with Crippen molar-refractivity contribution in [1.82, 2.24) is 9.55 Å². The molecule has 0 aliphatic rings. The lowest BCUT2D eigenvalue weighted by Gasteiger charge is -2.12. The fourth-order valence-corrected chi connectivity index (χ4v) is 4.73. The minimum Gasteiger partial charge on any atom is -0.326 e. The molecule has 7 heteroatoms. The molecule has 1 aromatic heterocycles.